The van der Waals surface area contributed by atoms with Crippen LogP contribution in [-0.4, -0.2) is 9.97 Å². The lowest BCUT2D eigenvalue weighted by atomic mass is 10.3. The van der Waals surface area contributed by atoms with Gasteiger partial charge in [0.2, 0.25) is 5.88 Å². The SMILES string of the molecule is ClCc1cncc(Oc2cc(Cl)c(Br)cc2Cl)n1. The molecule has 0 saturated carbocycles. The summed E-state index contributed by atoms with van der Waals surface area (Å²) in [6.07, 6.45) is 3.04. The molecule has 94 valence electrons. The highest BCUT2D eigenvalue weighted by Gasteiger charge is 2.09. The number of benzene rings is 1. The maximum absolute atomic E-state index is 6.04. The first-order valence-corrected chi connectivity index (χ1v) is 6.88. The van der Waals surface area contributed by atoms with Crippen molar-refractivity contribution in [2.24, 2.45) is 0 Å². The van der Waals surface area contributed by atoms with Crippen LogP contribution >= 0.6 is 50.7 Å². The molecule has 18 heavy (non-hydrogen) atoms. The molecule has 1 aromatic carbocycles. The molecule has 1 heterocycles. The molecule has 0 spiro atoms. The first-order valence-electron chi connectivity index (χ1n) is 4.79. The minimum atomic E-state index is 0.263. The summed E-state index contributed by atoms with van der Waals surface area (Å²) in [4.78, 5) is 8.11. The third kappa shape index (κ3) is 3.26. The molecule has 2 rings (SSSR count). The third-order valence-corrected chi connectivity index (χ3v) is 3.75. The minimum Gasteiger partial charge on any atom is -0.436 e. The molecule has 0 bridgehead atoms. The fourth-order valence-corrected chi connectivity index (χ4v) is 2.15. The van der Waals surface area contributed by atoms with E-state index in [9.17, 15) is 0 Å². The Hall–Kier alpha value is -0.550. The lowest BCUT2D eigenvalue weighted by molar-refractivity contribution is 0.458. The zero-order valence-corrected chi connectivity index (χ0v) is 12.7. The van der Waals surface area contributed by atoms with E-state index in [0.29, 0.717) is 31.8 Å². The number of alkyl halides is 1. The van der Waals surface area contributed by atoms with E-state index in [0.717, 1.165) is 0 Å². The van der Waals surface area contributed by atoms with Crippen LogP contribution in [0.3, 0.4) is 0 Å². The van der Waals surface area contributed by atoms with Gasteiger partial charge in [0.15, 0.2) is 0 Å². The Morgan fingerprint density at radius 1 is 1.17 bits per heavy atom. The molecule has 7 heteroatoms. The fraction of sp³-hybridized carbons (Fsp3) is 0.0909. The summed E-state index contributed by atoms with van der Waals surface area (Å²) in [5, 5.41) is 0.917. The van der Waals surface area contributed by atoms with E-state index in [1.54, 1.807) is 18.3 Å². The van der Waals surface area contributed by atoms with E-state index in [-0.39, 0.29) is 5.88 Å². The number of hydrogen-bond acceptors (Lipinski definition) is 3. The highest BCUT2D eigenvalue weighted by Crippen LogP contribution is 2.35. The van der Waals surface area contributed by atoms with Crippen molar-refractivity contribution in [3.8, 4) is 11.6 Å². The van der Waals surface area contributed by atoms with Crippen LogP contribution in [0.4, 0.5) is 0 Å². The molecule has 0 unspecified atom stereocenters. The van der Waals surface area contributed by atoms with Gasteiger partial charge in [0.1, 0.15) is 5.75 Å². The van der Waals surface area contributed by atoms with Crippen LogP contribution in [0.15, 0.2) is 29.0 Å². The molecule has 0 fully saturated rings. The van der Waals surface area contributed by atoms with Gasteiger partial charge in [-0.3, -0.25) is 4.98 Å². The van der Waals surface area contributed by atoms with E-state index in [1.807, 2.05) is 0 Å². The topological polar surface area (TPSA) is 35.0 Å². The molecule has 0 aliphatic heterocycles. The van der Waals surface area contributed by atoms with Crippen LogP contribution in [0, 0.1) is 0 Å². The van der Waals surface area contributed by atoms with E-state index < -0.39 is 0 Å². The number of rotatable bonds is 3. The molecule has 0 N–H and O–H groups in total. The molecule has 0 atom stereocenters. The van der Waals surface area contributed by atoms with Crippen molar-refractivity contribution in [3.63, 3.8) is 0 Å². The van der Waals surface area contributed by atoms with Gasteiger partial charge in [-0.15, -0.1) is 11.6 Å². The predicted octanol–water partition coefficient (Wildman–Crippen LogP) is 5.08. The number of halogens is 4. The van der Waals surface area contributed by atoms with Crippen LogP contribution in [-0.2, 0) is 5.88 Å². The van der Waals surface area contributed by atoms with E-state index in [1.165, 1.54) is 6.20 Å². The first-order chi connectivity index (χ1) is 8.60. The van der Waals surface area contributed by atoms with Gasteiger partial charge in [-0.2, -0.15) is 0 Å². The second-order valence-corrected chi connectivity index (χ2v) is 5.22. The van der Waals surface area contributed by atoms with Crippen LogP contribution in [0.1, 0.15) is 5.69 Å². The van der Waals surface area contributed by atoms with Crippen molar-refractivity contribution >= 4 is 50.7 Å². The van der Waals surface area contributed by atoms with Crippen LogP contribution in [0.5, 0.6) is 11.6 Å². The van der Waals surface area contributed by atoms with Crippen LogP contribution < -0.4 is 4.74 Å². The Balaban J connectivity index is 2.30. The summed E-state index contributed by atoms with van der Waals surface area (Å²) in [5.41, 5.74) is 0.619. The number of ether oxygens (including phenoxy) is 1. The standard InChI is InChI=1S/C11H6BrCl3N2O/c12-7-1-9(15)10(2-8(7)14)18-11-5-16-4-6(3-13)17-11/h1-2,4-5H,3H2. The van der Waals surface area contributed by atoms with Gasteiger partial charge in [0.05, 0.1) is 27.8 Å². The van der Waals surface area contributed by atoms with Crippen LogP contribution in [0.2, 0.25) is 10.0 Å². The second kappa shape index (κ2) is 6.06. The Bertz CT molecular complexity index is 580. The van der Waals surface area contributed by atoms with Crippen molar-refractivity contribution in [1.82, 2.24) is 9.97 Å². The van der Waals surface area contributed by atoms with Gasteiger partial charge < -0.3 is 4.74 Å². The normalized spacial score (nSPS) is 10.4. The average molecular weight is 368 g/mol. The molecule has 0 aliphatic rings. The summed E-state index contributed by atoms with van der Waals surface area (Å²) in [7, 11) is 0. The first kappa shape index (κ1) is 13.9. The van der Waals surface area contributed by atoms with Gasteiger partial charge in [-0.25, -0.2) is 4.98 Å². The molecular weight excluding hydrogens is 362 g/mol. The molecule has 2 aromatic rings. The zero-order valence-electron chi connectivity index (χ0n) is 8.83. The Kier molecular flexibility index (Phi) is 4.67. The van der Waals surface area contributed by atoms with Crippen molar-refractivity contribution in [3.05, 3.63) is 44.7 Å². The summed E-state index contributed by atoms with van der Waals surface area (Å²) in [6, 6.07) is 3.25. The average Bonchev–Trinajstić information content (AvgIpc) is 2.36. The van der Waals surface area contributed by atoms with Gasteiger partial charge in [-0.05, 0) is 22.0 Å². The third-order valence-electron chi connectivity index (χ3n) is 1.99. The largest absolute Gasteiger partial charge is 0.436 e. The van der Waals surface area contributed by atoms with Gasteiger partial charge in [0, 0.05) is 16.7 Å². The molecule has 0 radical (unpaired) electrons. The highest BCUT2D eigenvalue weighted by atomic mass is 79.9. The van der Waals surface area contributed by atoms with Gasteiger partial charge >= 0.3 is 0 Å². The fourth-order valence-electron chi connectivity index (χ4n) is 1.20. The lowest BCUT2D eigenvalue weighted by Crippen LogP contribution is -1.93. The monoisotopic (exact) mass is 366 g/mol. The zero-order chi connectivity index (χ0) is 13.1. The molecule has 1 aromatic heterocycles. The molecule has 3 nitrogen and oxygen atoms in total. The number of aromatic nitrogens is 2. The van der Waals surface area contributed by atoms with E-state index in [4.69, 9.17) is 39.5 Å². The highest BCUT2D eigenvalue weighted by molar-refractivity contribution is 9.10. The maximum atomic E-state index is 6.04. The maximum Gasteiger partial charge on any atom is 0.238 e. The van der Waals surface area contributed by atoms with Crippen LogP contribution in [0.25, 0.3) is 0 Å². The summed E-state index contributed by atoms with van der Waals surface area (Å²) >= 11 is 20.9. The summed E-state index contributed by atoms with van der Waals surface area (Å²) in [5.74, 6) is 0.985. The van der Waals surface area contributed by atoms with E-state index in [2.05, 4.69) is 25.9 Å². The van der Waals surface area contributed by atoms with Gasteiger partial charge in [-0.1, -0.05) is 23.2 Å². The van der Waals surface area contributed by atoms with Gasteiger partial charge in [0.25, 0.3) is 0 Å². The predicted molar refractivity (Wildman–Crippen MR) is 75.8 cm³/mol. The van der Waals surface area contributed by atoms with Crippen molar-refractivity contribution in [2.75, 3.05) is 0 Å². The molecule has 0 saturated heterocycles. The molecule has 0 aliphatic carbocycles. The summed E-state index contributed by atoms with van der Waals surface area (Å²) in [6.45, 7) is 0. The molecular formula is C11H6BrCl3N2O. The number of nitrogens with zero attached hydrogens (tertiary/aromatic N) is 2. The van der Waals surface area contributed by atoms with Crippen molar-refractivity contribution < 1.29 is 4.74 Å². The Morgan fingerprint density at radius 2 is 1.94 bits per heavy atom. The minimum absolute atomic E-state index is 0.263. The smallest absolute Gasteiger partial charge is 0.238 e. The number of hydrogen-bond donors (Lipinski definition) is 0. The van der Waals surface area contributed by atoms with Crippen molar-refractivity contribution in [2.45, 2.75) is 5.88 Å². The summed E-state index contributed by atoms with van der Waals surface area (Å²) < 4.78 is 6.21. The Labute approximate surface area is 127 Å². The molecule has 0 amide bonds. The van der Waals surface area contributed by atoms with E-state index >= 15 is 0 Å². The second-order valence-electron chi connectivity index (χ2n) is 3.28. The quantitative estimate of drug-likeness (QED) is 0.560. The van der Waals surface area contributed by atoms with Crippen molar-refractivity contribution in [1.29, 1.82) is 0 Å². The lowest BCUT2D eigenvalue weighted by Gasteiger charge is -2.08. The Morgan fingerprint density at radius 3 is 2.67 bits per heavy atom.